The maximum absolute atomic E-state index is 12.4. The van der Waals surface area contributed by atoms with E-state index >= 15 is 0 Å². The quantitative estimate of drug-likeness (QED) is 0.655. The Bertz CT molecular complexity index is 868. The zero-order chi connectivity index (χ0) is 18.5. The van der Waals surface area contributed by atoms with Crippen molar-refractivity contribution in [2.24, 2.45) is 0 Å². The lowest BCUT2D eigenvalue weighted by Gasteiger charge is -2.25. The van der Waals surface area contributed by atoms with Crippen molar-refractivity contribution >= 4 is 23.6 Å². The Morgan fingerprint density at radius 1 is 1.15 bits per heavy atom. The number of anilines is 2. The third-order valence-electron chi connectivity index (χ3n) is 4.70. The number of piperidine rings is 1. The maximum atomic E-state index is 12.4. The van der Waals surface area contributed by atoms with Crippen molar-refractivity contribution in [1.82, 2.24) is 0 Å². The monoisotopic (exact) mass is 349 g/mol. The zero-order valence-electron chi connectivity index (χ0n) is 15.2. The molecule has 0 spiro atoms. The lowest BCUT2D eigenvalue weighted by Crippen LogP contribution is -2.28. The van der Waals surface area contributed by atoms with Gasteiger partial charge >= 0.3 is 0 Å². The Morgan fingerprint density at radius 3 is 2.62 bits per heavy atom. The van der Waals surface area contributed by atoms with Crippen LogP contribution in [0.15, 0.2) is 40.3 Å². The molecule has 1 N–H and O–H groups in total. The number of nitriles is 1. The van der Waals surface area contributed by atoms with Crippen LogP contribution in [0.5, 0.6) is 0 Å². The highest BCUT2D eigenvalue weighted by molar-refractivity contribution is 6.09. The van der Waals surface area contributed by atoms with Gasteiger partial charge in [-0.3, -0.25) is 4.79 Å². The van der Waals surface area contributed by atoms with Crippen LogP contribution in [0.3, 0.4) is 0 Å². The minimum atomic E-state index is -0.438. The molecule has 5 heteroatoms. The van der Waals surface area contributed by atoms with Gasteiger partial charge < -0.3 is 14.6 Å². The van der Waals surface area contributed by atoms with E-state index in [-0.39, 0.29) is 5.57 Å². The molecule has 1 aromatic heterocycles. The number of benzene rings is 1. The van der Waals surface area contributed by atoms with E-state index in [0.717, 1.165) is 42.9 Å². The molecule has 26 heavy (non-hydrogen) atoms. The van der Waals surface area contributed by atoms with Crippen LogP contribution in [0.25, 0.3) is 6.08 Å². The molecule has 2 heterocycles. The lowest BCUT2D eigenvalue weighted by atomic mass is 10.1. The Balaban J connectivity index is 1.73. The molecule has 2 aromatic rings. The molecule has 134 valence electrons. The second kappa shape index (κ2) is 7.92. The fraction of sp³-hybridized carbons (Fsp3) is 0.333. The predicted molar refractivity (Wildman–Crippen MR) is 103 cm³/mol. The average molecular weight is 349 g/mol. The molecule has 0 bridgehead atoms. The van der Waals surface area contributed by atoms with Gasteiger partial charge in [0.25, 0.3) is 5.91 Å². The van der Waals surface area contributed by atoms with Gasteiger partial charge in [-0.05, 0) is 62.4 Å². The molecule has 1 fully saturated rings. The van der Waals surface area contributed by atoms with Crippen molar-refractivity contribution in [1.29, 1.82) is 5.26 Å². The first-order valence-electron chi connectivity index (χ1n) is 8.92. The molecule has 3 rings (SSSR count). The second-order valence-electron chi connectivity index (χ2n) is 6.65. The topological polar surface area (TPSA) is 69.3 Å². The molecule has 0 aliphatic carbocycles. The molecule has 1 aliphatic heterocycles. The zero-order valence-corrected chi connectivity index (χ0v) is 15.2. The molecule has 0 saturated carbocycles. The lowest BCUT2D eigenvalue weighted by molar-refractivity contribution is -0.112. The third kappa shape index (κ3) is 4.15. The summed E-state index contributed by atoms with van der Waals surface area (Å²) in [7, 11) is 0. The van der Waals surface area contributed by atoms with Crippen LogP contribution in [0.1, 0.15) is 36.1 Å². The van der Waals surface area contributed by atoms with Crippen molar-refractivity contribution < 1.29 is 9.21 Å². The molecular weight excluding hydrogens is 326 g/mol. The first-order chi connectivity index (χ1) is 12.6. The van der Waals surface area contributed by atoms with Gasteiger partial charge in [-0.1, -0.05) is 6.07 Å². The predicted octanol–water partition coefficient (Wildman–Crippen LogP) is 4.43. The fourth-order valence-electron chi connectivity index (χ4n) is 3.01. The van der Waals surface area contributed by atoms with Gasteiger partial charge in [-0.25, -0.2) is 0 Å². The number of nitrogens with zero attached hydrogens (tertiary/aromatic N) is 2. The highest BCUT2D eigenvalue weighted by Crippen LogP contribution is 2.24. The van der Waals surface area contributed by atoms with Crippen molar-refractivity contribution in [3.05, 3.63) is 52.8 Å². The number of carbonyl (C=O) groups excluding carboxylic acids is 1. The van der Waals surface area contributed by atoms with E-state index in [4.69, 9.17) is 4.42 Å². The largest absolute Gasteiger partial charge is 0.441 e. The summed E-state index contributed by atoms with van der Waals surface area (Å²) in [6.45, 7) is 5.96. The molecule has 0 atom stereocenters. The summed E-state index contributed by atoms with van der Waals surface area (Å²) in [5.74, 6) is 0.867. The number of rotatable bonds is 4. The molecular formula is C21H23N3O2. The normalized spacial score (nSPS) is 14.8. The van der Waals surface area contributed by atoms with Gasteiger partial charge in [-0.15, -0.1) is 0 Å². The Kier molecular flexibility index (Phi) is 5.43. The van der Waals surface area contributed by atoms with Gasteiger partial charge in [0.05, 0.1) is 0 Å². The van der Waals surface area contributed by atoms with Crippen LogP contribution in [-0.2, 0) is 4.79 Å². The highest BCUT2D eigenvalue weighted by Gasteiger charge is 2.15. The molecule has 1 aromatic carbocycles. The Hall–Kier alpha value is -3.00. The van der Waals surface area contributed by atoms with Crippen molar-refractivity contribution in [3.8, 4) is 6.07 Å². The second-order valence-corrected chi connectivity index (χ2v) is 6.65. The standard InChI is InChI=1S/C21H23N3O2/c1-15-6-7-18(12-16(15)2)23-21(25)17(14-22)13-19-8-9-20(26-19)24-10-4-3-5-11-24/h6-9,12-13H,3-5,10-11H2,1-2H3,(H,23,25). The molecule has 1 aliphatic rings. The number of aryl methyl sites for hydroxylation is 2. The Morgan fingerprint density at radius 2 is 1.92 bits per heavy atom. The molecule has 0 unspecified atom stereocenters. The number of amides is 1. The van der Waals surface area contributed by atoms with E-state index in [2.05, 4.69) is 10.2 Å². The van der Waals surface area contributed by atoms with E-state index in [9.17, 15) is 10.1 Å². The minimum Gasteiger partial charge on any atom is -0.441 e. The van der Waals surface area contributed by atoms with Crippen molar-refractivity contribution in [2.45, 2.75) is 33.1 Å². The summed E-state index contributed by atoms with van der Waals surface area (Å²) < 4.78 is 5.81. The summed E-state index contributed by atoms with van der Waals surface area (Å²) in [5, 5.41) is 12.1. The number of hydrogen-bond donors (Lipinski definition) is 1. The summed E-state index contributed by atoms with van der Waals surface area (Å²) in [4.78, 5) is 14.6. The maximum Gasteiger partial charge on any atom is 0.266 e. The highest BCUT2D eigenvalue weighted by atomic mass is 16.4. The van der Waals surface area contributed by atoms with Gasteiger partial charge in [0.1, 0.15) is 17.4 Å². The smallest absolute Gasteiger partial charge is 0.266 e. The van der Waals surface area contributed by atoms with Crippen molar-refractivity contribution in [3.63, 3.8) is 0 Å². The number of nitrogens with one attached hydrogen (secondary N) is 1. The van der Waals surface area contributed by atoms with Gasteiger partial charge in [0.2, 0.25) is 0 Å². The fourth-order valence-corrected chi connectivity index (χ4v) is 3.01. The number of hydrogen-bond acceptors (Lipinski definition) is 4. The van der Waals surface area contributed by atoms with E-state index in [1.54, 1.807) is 6.07 Å². The van der Waals surface area contributed by atoms with E-state index in [0.29, 0.717) is 11.4 Å². The van der Waals surface area contributed by atoms with Crippen LogP contribution >= 0.6 is 0 Å². The first kappa shape index (κ1) is 17.8. The summed E-state index contributed by atoms with van der Waals surface area (Å²) >= 11 is 0. The minimum absolute atomic E-state index is 0.0165. The average Bonchev–Trinajstić information content (AvgIpc) is 3.12. The van der Waals surface area contributed by atoms with E-state index in [1.807, 2.05) is 44.2 Å². The first-order valence-corrected chi connectivity index (χ1v) is 8.92. The summed E-state index contributed by atoms with van der Waals surface area (Å²) in [6, 6.07) is 11.3. The SMILES string of the molecule is Cc1ccc(NC(=O)C(C#N)=Cc2ccc(N3CCCCC3)o2)cc1C. The van der Waals surface area contributed by atoms with E-state index < -0.39 is 5.91 Å². The van der Waals surface area contributed by atoms with Gasteiger partial charge in [0, 0.05) is 30.9 Å². The van der Waals surface area contributed by atoms with Crippen molar-refractivity contribution in [2.75, 3.05) is 23.3 Å². The van der Waals surface area contributed by atoms with Crippen LogP contribution < -0.4 is 10.2 Å². The molecule has 1 saturated heterocycles. The van der Waals surface area contributed by atoms with Gasteiger partial charge in [-0.2, -0.15) is 5.26 Å². The van der Waals surface area contributed by atoms with E-state index in [1.165, 1.54) is 12.5 Å². The third-order valence-corrected chi connectivity index (χ3v) is 4.70. The van der Waals surface area contributed by atoms with Crippen LogP contribution in [0, 0.1) is 25.2 Å². The summed E-state index contributed by atoms with van der Waals surface area (Å²) in [6.07, 6.45) is 5.06. The number of furan rings is 1. The number of carbonyl (C=O) groups is 1. The van der Waals surface area contributed by atoms with Crippen LogP contribution in [0.4, 0.5) is 11.6 Å². The summed E-state index contributed by atoms with van der Waals surface area (Å²) in [5.41, 5.74) is 2.93. The van der Waals surface area contributed by atoms with Crippen LogP contribution in [0.2, 0.25) is 0 Å². The Labute approximate surface area is 153 Å². The van der Waals surface area contributed by atoms with Crippen LogP contribution in [-0.4, -0.2) is 19.0 Å². The van der Waals surface area contributed by atoms with Gasteiger partial charge in [0.15, 0.2) is 5.88 Å². The molecule has 1 amide bonds. The molecule has 5 nitrogen and oxygen atoms in total. The molecule has 0 radical (unpaired) electrons.